The lowest BCUT2D eigenvalue weighted by atomic mass is 9.91. The van der Waals surface area contributed by atoms with E-state index in [2.05, 4.69) is 5.32 Å². The molecule has 50 atom stereocenters. The number of aliphatic hydroxyl groups is 31. The Hall–Kier alpha value is -3.59. The molecule has 0 aliphatic carbocycles. The van der Waals surface area contributed by atoms with Crippen LogP contribution in [0.25, 0.3) is 0 Å². The highest BCUT2D eigenvalue weighted by atomic mass is 16.8. The third-order valence-electron chi connectivity index (χ3n) is 22.5. The van der Waals surface area contributed by atoms with Crippen molar-refractivity contribution in [1.29, 1.82) is 0 Å². The predicted octanol–water partition coefficient (Wildman–Crippen LogP) is -23.0. The zero-order chi connectivity index (χ0) is 90.1. The van der Waals surface area contributed by atoms with Gasteiger partial charge >= 0.3 is 11.9 Å². The molecule has 56 nitrogen and oxygen atoms in total. The van der Waals surface area contributed by atoms with Gasteiger partial charge in [-0.15, -0.1) is 0 Å². The highest BCUT2D eigenvalue weighted by molar-refractivity contribution is 5.76. The number of aliphatic carboxylic acids is 2. The van der Waals surface area contributed by atoms with E-state index in [1.54, 1.807) is 0 Å². The van der Waals surface area contributed by atoms with Crippen molar-refractivity contribution in [3.63, 3.8) is 0 Å². The van der Waals surface area contributed by atoms with Crippen molar-refractivity contribution in [3.8, 4) is 0 Å². The molecule has 10 aliphatic heterocycles. The number of carbonyl (C=O) groups excluding carboxylic acids is 1. The Morgan fingerprint density at radius 3 is 1.16 bits per heavy atom. The summed E-state index contributed by atoms with van der Waals surface area (Å²) in [6, 6.07) is -1.92. The fraction of sp³-hybridized carbons (Fsp3) is 0.955. The lowest BCUT2D eigenvalue weighted by molar-refractivity contribution is -0.412. The van der Waals surface area contributed by atoms with Gasteiger partial charge in [-0.2, -0.15) is 0 Å². The minimum Gasteiger partial charge on any atom is -0.477 e. The number of nitrogens with one attached hydrogen (secondary N) is 1. The van der Waals surface area contributed by atoms with Crippen LogP contribution in [-0.2, 0) is 104 Å². The monoisotopic (exact) mass is 1800 g/mol. The minimum atomic E-state index is -3.61. The van der Waals surface area contributed by atoms with Crippen LogP contribution >= 0.6 is 0 Å². The maximum absolute atomic E-state index is 13.0. The Balaban J connectivity index is 1.02. The Morgan fingerprint density at radius 1 is 0.344 bits per heavy atom. The van der Waals surface area contributed by atoms with Crippen LogP contribution in [-0.4, -0.2) is 558 Å². The molecule has 0 aromatic carbocycles. The average molecular weight is 1800 g/mol. The SMILES string of the molecule is CC(=O)N[C@H]1[C@@H](O[C@H]2[C@H](O[C@H]3[C@H](O[C@@H]4O[C@H](CO)[C@@H](O)[C@H](O)[C@H]4O)[C@@H](O)[C@@H](O[C@H]4[C@@H]([C@H](O)COC5(C(=O)O)C[C@@H](O)[C@@H](O)[C@@H]([C@H](O)CO)O5)OC(O)(C(=O)O)C[C@H]4O)O[C@@H]3CO[C@@H]3O[C@H](CO)[C@@H](O)[C@H](O)[C@H]3O[C@H]3O[C@H](CO)[C@@H](O[C@@H]4O[C@H](CO)[C@H](O[C@H]5O[C@H](CO)[C@H](O)[C@H](O)[C@H]5O)[C@H](O)[C@H]4O)[C@H](O)[C@H]3O)O[C@H](CO)[C@@H](O)[C@@H]2O)O[C@H](CO)[C@@H](O)[C@@H]1O. The number of carboxylic acid groups (broad SMARTS) is 2. The molecule has 122 heavy (non-hydrogen) atoms. The summed E-state index contributed by atoms with van der Waals surface area (Å²) in [7, 11) is 0. The maximum atomic E-state index is 13.0. The minimum absolute atomic E-state index is 0.912. The molecule has 10 saturated heterocycles. The molecule has 0 bridgehead atoms. The standard InChI is InChI=1S/C66H109NO55/c1-14(76)67-27-34(87)29(82)19(5-69)106-55(27)119-54-38(91)33(86)23(9-73)110-62(54)117-51-26(13-104-61-53(37(90)32(85)22(8-72)109-61)120-59-44(97)40(93)50(25(11-75)112-59)116-58-43(96)39(92)49(24(10-74)111-58)115-56-41(94)35(88)30(83)20(6-70)107-56)113-60(45(98)52(51)118-57-42(95)36(89)31(84)21(7-71)108-57)114-47-16(78)2-65(103,63(99)100)121-48(47)18(80)12-105-66(64(101)102)3-15(77)28(81)46(122-66)17(79)4-68/h15-62,68-75,77-98,103H,2-13H2,1H3,(H,67,76)(H,99,100)(H,101,102)/t15-,16-,17-,18-,19-,20-,21-,22-,23-,24-,25-,26-,27-,28-,29-,30+,31-,32-,33-,34-,35+,36+,37+,38+,39-,40-,41-,42-,43-,44-,45-,46-,47-,48-,49+,50-,51-,52-,53-,54-,55-,56-,57+,58+,59-,60-,61-,62+,65?,66?/m1/s1. The number of rotatable bonds is 33. The van der Waals surface area contributed by atoms with E-state index in [1.807, 2.05) is 0 Å². The zero-order valence-electron chi connectivity index (χ0n) is 63.9. The van der Waals surface area contributed by atoms with E-state index in [4.69, 9.17) is 90.0 Å². The van der Waals surface area contributed by atoms with Gasteiger partial charge in [-0.05, 0) is 0 Å². The molecule has 2 unspecified atom stereocenters. The van der Waals surface area contributed by atoms with Crippen molar-refractivity contribution >= 4 is 17.8 Å². The second-order valence-corrected chi connectivity index (χ2v) is 30.7. The smallest absolute Gasteiger partial charge is 0.364 e. The first-order chi connectivity index (χ1) is 57.5. The van der Waals surface area contributed by atoms with Gasteiger partial charge in [0.1, 0.15) is 232 Å². The van der Waals surface area contributed by atoms with Crippen LogP contribution < -0.4 is 5.32 Å². The molecule has 10 rings (SSSR count). The fourth-order valence-corrected chi connectivity index (χ4v) is 15.5. The Bertz CT molecular complexity index is 3280. The van der Waals surface area contributed by atoms with Crippen LogP contribution in [0.15, 0.2) is 0 Å². The molecule has 56 heteroatoms. The van der Waals surface area contributed by atoms with E-state index >= 15 is 0 Å². The zero-order valence-corrected chi connectivity index (χ0v) is 63.9. The molecule has 708 valence electrons. The number of aliphatic hydroxyl groups excluding tert-OH is 30. The second-order valence-electron chi connectivity index (χ2n) is 30.7. The lowest BCUT2D eigenvalue weighted by Gasteiger charge is -2.52. The number of hydrogen-bond donors (Lipinski definition) is 34. The number of amides is 1. The number of ether oxygens (including phenoxy) is 19. The number of carboxylic acids is 2. The summed E-state index contributed by atoms with van der Waals surface area (Å²) in [5, 5.41) is 366. The van der Waals surface area contributed by atoms with Crippen molar-refractivity contribution in [2.45, 2.75) is 326 Å². The molecule has 0 radical (unpaired) electrons. The van der Waals surface area contributed by atoms with Gasteiger partial charge in [-0.25, -0.2) is 9.59 Å². The van der Waals surface area contributed by atoms with Crippen molar-refractivity contribution in [2.75, 3.05) is 66.1 Å². The summed E-state index contributed by atoms with van der Waals surface area (Å²) in [4.78, 5) is 38.4. The van der Waals surface area contributed by atoms with Crippen molar-refractivity contribution < 1.29 is 273 Å². The molecule has 0 aromatic heterocycles. The quantitative estimate of drug-likeness (QED) is 0.0290. The van der Waals surface area contributed by atoms with Crippen molar-refractivity contribution in [3.05, 3.63) is 0 Å². The summed E-state index contributed by atoms with van der Waals surface area (Å²) >= 11 is 0. The molecule has 0 aromatic rings. The Morgan fingerprint density at radius 2 is 0.705 bits per heavy atom. The fourth-order valence-electron chi connectivity index (χ4n) is 15.5. The van der Waals surface area contributed by atoms with Gasteiger partial charge in [0, 0.05) is 19.8 Å². The first-order valence-electron chi connectivity index (χ1n) is 38.3. The number of hydrogen-bond acceptors (Lipinski definition) is 53. The molecule has 10 aliphatic rings. The van der Waals surface area contributed by atoms with Gasteiger partial charge < -0.3 is 264 Å². The second kappa shape index (κ2) is 42.5. The third kappa shape index (κ3) is 21.0. The molecule has 10 heterocycles. The van der Waals surface area contributed by atoms with Gasteiger partial charge in [0.15, 0.2) is 50.3 Å². The topological polar surface area (TPSA) is 906 Å². The van der Waals surface area contributed by atoms with Crippen molar-refractivity contribution in [2.24, 2.45) is 0 Å². The first kappa shape index (κ1) is 101. The molecular formula is C66H109NO55. The predicted molar refractivity (Wildman–Crippen MR) is 364 cm³/mol. The van der Waals surface area contributed by atoms with Crippen LogP contribution in [0.2, 0.25) is 0 Å². The van der Waals surface area contributed by atoms with E-state index < -0.39 is 403 Å². The highest BCUT2D eigenvalue weighted by Gasteiger charge is 2.64. The summed E-state index contributed by atoms with van der Waals surface area (Å²) in [5.41, 5.74) is 0. The molecular weight excluding hydrogens is 1690 g/mol. The van der Waals surface area contributed by atoms with Crippen molar-refractivity contribution in [1.82, 2.24) is 5.32 Å². The Labute approximate surface area is 686 Å². The van der Waals surface area contributed by atoms with Crippen LogP contribution in [0, 0.1) is 0 Å². The van der Waals surface area contributed by atoms with Crippen LogP contribution in [0.4, 0.5) is 0 Å². The van der Waals surface area contributed by atoms with E-state index in [0.29, 0.717) is 0 Å². The van der Waals surface area contributed by atoms with E-state index in [9.17, 15) is 183 Å². The van der Waals surface area contributed by atoms with Crippen LogP contribution in [0.1, 0.15) is 19.8 Å². The molecule has 1 amide bonds. The first-order valence-corrected chi connectivity index (χ1v) is 38.3. The van der Waals surface area contributed by atoms with Gasteiger partial charge in [0.2, 0.25) is 5.91 Å². The summed E-state index contributed by atoms with van der Waals surface area (Å²) in [5.74, 6) is -12.3. The molecule has 34 N–H and O–H groups in total. The average Bonchev–Trinajstić information content (AvgIpc) is 0.755. The van der Waals surface area contributed by atoms with Gasteiger partial charge in [0.05, 0.1) is 78.3 Å². The summed E-state index contributed by atoms with van der Waals surface area (Å²) < 4.78 is 111. The van der Waals surface area contributed by atoms with E-state index in [0.717, 1.165) is 6.92 Å². The lowest BCUT2D eigenvalue weighted by Crippen LogP contribution is -2.70. The van der Waals surface area contributed by atoms with Gasteiger partial charge in [-0.1, -0.05) is 0 Å². The largest absolute Gasteiger partial charge is 0.477 e. The van der Waals surface area contributed by atoms with E-state index in [-0.39, 0.29) is 0 Å². The third-order valence-corrected chi connectivity index (χ3v) is 22.5. The Kier molecular flexibility index (Phi) is 35.1. The summed E-state index contributed by atoms with van der Waals surface area (Å²) in [6.07, 6.45) is -110. The molecule has 10 fully saturated rings. The summed E-state index contributed by atoms with van der Waals surface area (Å²) in [6.45, 7) is -11.6. The maximum Gasteiger partial charge on any atom is 0.364 e. The highest BCUT2D eigenvalue weighted by Crippen LogP contribution is 2.43. The normalized spacial score (nSPS) is 50.4. The van der Waals surface area contributed by atoms with Crippen LogP contribution in [0.5, 0.6) is 0 Å². The van der Waals surface area contributed by atoms with Gasteiger partial charge in [-0.3, -0.25) is 4.79 Å². The van der Waals surface area contributed by atoms with E-state index in [1.165, 1.54) is 0 Å². The molecule has 0 saturated carbocycles. The number of carbonyl (C=O) groups is 3. The van der Waals surface area contributed by atoms with Gasteiger partial charge in [0.25, 0.3) is 11.6 Å². The molecule has 0 spiro atoms. The van der Waals surface area contributed by atoms with Crippen LogP contribution in [0.3, 0.4) is 0 Å².